The summed E-state index contributed by atoms with van der Waals surface area (Å²) in [5.41, 5.74) is 1.23. The number of benzene rings is 2. The van der Waals surface area contributed by atoms with Crippen LogP contribution in [0.5, 0.6) is 0 Å². The lowest BCUT2D eigenvalue weighted by molar-refractivity contribution is 0.0926. The second-order valence-corrected chi connectivity index (χ2v) is 5.29. The molecular formula is C17H15FN4O2. The van der Waals surface area contributed by atoms with Crippen LogP contribution in [0.15, 0.2) is 59.4 Å². The summed E-state index contributed by atoms with van der Waals surface area (Å²) in [4.78, 5) is 25.7. The Bertz CT molecular complexity index is 871. The van der Waals surface area contributed by atoms with Gasteiger partial charge in [-0.15, -0.1) is 5.10 Å². The smallest absolute Gasteiger partial charge is 0.341 e. The third-order valence-corrected chi connectivity index (χ3v) is 3.58. The second-order valence-electron chi connectivity index (χ2n) is 5.29. The molecule has 6 nitrogen and oxygen atoms in total. The summed E-state index contributed by atoms with van der Waals surface area (Å²) in [5.74, 6) is -0.891. The van der Waals surface area contributed by atoms with Gasteiger partial charge in [0.15, 0.2) is 0 Å². The lowest BCUT2D eigenvalue weighted by Crippen LogP contribution is -2.31. The number of H-pyrrole nitrogens is 2. The monoisotopic (exact) mass is 326 g/mol. The quantitative estimate of drug-likeness (QED) is 0.669. The Balaban J connectivity index is 1.83. The van der Waals surface area contributed by atoms with Gasteiger partial charge in [-0.3, -0.25) is 9.78 Å². The molecule has 7 heteroatoms. The van der Waals surface area contributed by atoms with Gasteiger partial charge in [0.05, 0.1) is 6.04 Å². The lowest BCUT2D eigenvalue weighted by atomic mass is 9.99. The number of carbonyl (C=O) groups is 1. The van der Waals surface area contributed by atoms with Crippen LogP contribution in [-0.4, -0.2) is 21.1 Å². The number of hydrogen-bond acceptors (Lipinski definition) is 3. The molecule has 122 valence electrons. The van der Waals surface area contributed by atoms with Gasteiger partial charge in [0.2, 0.25) is 5.82 Å². The molecule has 0 radical (unpaired) electrons. The fourth-order valence-corrected chi connectivity index (χ4v) is 2.40. The molecule has 1 atom stereocenters. The molecule has 24 heavy (non-hydrogen) atoms. The largest absolute Gasteiger partial charge is 0.342 e. The molecule has 1 amide bonds. The molecule has 0 unspecified atom stereocenters. The highest BCUT2D eigenvalue weighted by Gasteiger charge is 2.18. The first-order chi connectivity index (χ1) is 11.6. The molecule has 0 aliphatic rings. The van der Waals surface area contributed by atoms with Gasteiger partial charge in [-0.2, -0.15) is 0 Å². The summed E-state index contributed by atoms with van der Waals surface area (Å²) >= 11 is 0. The van der Waals surface area contributed by atoms with Crippen molar-refractivity contribution in [3.05, 3.63) is 87.9 Å². The van der Waals surface area contributed by atoms with E-state index in [1.54, 1.807) is 12.1 Å². The minimum Gasteiger partial charge on any atom is -0.342 e. The Morgan fingerprint density at radius 1 is 1.12 bits per heavy atom. The zero-order valence-electron chi connectivity index (χ0n) is 12.6. The Kier molecular flexibility index (Phi) is 4.51. The van der Waals surface area contributed by atoms with Crippen molar-refractivity contribution in [2.24, 2.45) is 0 Å². The summed E-state index contributed by atoms with van der Waals surface area (Å²) in [7, 11) is 0. The zero-order valence-corrected chi connectivity index (χ0v) is 12.6. The molecule has 1 heterocycles. The van der Waals surface area contributed by atoms with E-state index in [4.69, 9.17) is 0 Å². The van der Waals surface area contributed by atoms with Crippen molar-refractivity contribution in [3.63, 3.8) is 0 Å². The Labute approximate surface area is 136 Å². The van der Waals surface area contributed by atoms with Crippen LogP contribution >= 0.6 is 0 Å². The minimum absolute atomic E-state index is 0.0833. The molecule has 0 aliphatic carbocycles. The van der Waals surface area contributed by atoms with E-state index in [0.717, 1.165) is 11.1 Å². The van der Waals surface area contributed by atoms with Crippen LogP contribution in [0.25, 0.3) is 0 Å². The van der Waals surface area contributed by atoms with Crippen LogP contribution in [0.2, 0.25) is 0 Å². The molecule has 0 aliphatic heterocycles. The topological polar surface area (TPSA) is 90.6 Å². The maximum atomic E-state index is 13.1. The molecule has 2 aromatic carbocycles. The summed E-state index contributed by atoms with van der Waals surface area (Å²) in [5, 5.41) is 8.62. The van der Waals surface area contributed by atoms with Gasteiger partial charge < -0.3 is 5.32 Å². The highest BCUT2D eigenvalue weighted by Crippen LogP contribution is 2.19. The van der Waals surface area contributed by atoms with Gasteiger partial charge in [-0.25, -0.2) is 14.3 Å². The fourth-order valence-electron chi connectivity index (χ4n) is 2.40. The number of amides is 1. The molecule has 3 rings (SSSR count). The lowest BCUT2D eigenvalue weighted by Gasteiger charge is -2.19. The van der Waals surface area contributed by atoms with Crippen LogP contribution in [0.4, 0.5) is 4.39 Å². The summed E-state index contributed by atoms with van der Waals surface area (Å²) in [6, 6.07) is 15.2. The van der Waals surface area contributed by atoms with E-state index in [1.165, 1.54) is 12.1 Å². The summed E-state index contributed by atoms with van der Waals surface area (Å²) in [6.07, 6.45) is 0.477. The average Bonchev–Trinajstić information content (AvgIpc) is 3.03. The standard InChI is InChI=1S/C17H15FN4O2/c18-13-8-6-11(7-9-13)10-14(12-4-2-1-3-5-12)19-16(23)15-20-17(24)22-21-15/h1-9,14H,10H2,(H,19,23)(H2,20,21,22,24)/t14-/m0/s1. The third kappa shape index (κ3) is 3.75. The predicted molar refractivity (Wildman–Crippen MR) is 86.0 cm³/mol. The van der Waals surface area contributed by atoms with Gasteiger partial charge in [0.1, 0.15) is 5.82 Å². The number of aromatic amines is 2. The number of rotatable bonds is 5. The number of aromatic nitrogens is 3. The first kappa shape index (κ1) is 15.7. The fraction of sp³-hybridized carbons (Fsp3) is 0.118. The van der Waals surface area contributed by atoms with Gasteiger partial charge in [0, 0.05) is 0 Å². The van der Waals surface area contributed by atoms with Crippen molar-refractivity contribution in [1.82, 2.24) is 20.5 Å². The maximum Gasteiger partial charge on any atom is 0.341 e. The Hall–Kier alpha value is -3.22. The third-order valence-electron chi connectivity index (χ3n) is 3.58. The maximum absolute atomic E-state index is 13.1. The molecular weight excluding hydrogens is 311 g/mol. The van der Waals surface area contributed by atoms with Crippen molar-refractivity contribution >= 4 is 5.91 Å². The van der Waals surface area contributed by atoms with Crippen LogP contribution in [0.1, 0.15) is 27.8 Å². The van der Waals surface area contributed by atoms with Crippen LogP contribution in [-0.2, 0) is 6.42 Å². The van der Waals surface area contributed by atoms with Crippen LogP contribution in [0.3, 0.4) is 0 Å². The van der Waals surface area contributed by atoms with E-state index >= 15 is 0 Å². The molecule has 0 spiro atoms. The molecule has 3 N–H and O–H groups in total. The van der Waals surface area contributed by atoms with E-state index < -0.39 is 11.6 Å². The van der Waals surface area contributed by atoms with E-state index in [1.807, 2.05) is 30.3 Å². The highest BCUT2D eigenvalue weighted by atomic mass is 19.1. The van der Waals surface area contributed by atoms with Crippen molar-refractivity contribution in [2.45, 2.75) is 12.5 Å². The number of carbonyl (C=O) groups excluding carboxylic acids is 1. The molecule has 0 saturated carbocycles. The molecule has 1 aromatic heterocycles. The SMILES string of the molecule is O=C(N[C@@H](Cc1ccc(F)cc1)c1ccccc1)c1n[nH]c(=O)[nH]1. The first-order valence-corrected chi connectivity index (χ1v) is 7.37. The van der Waals surface area contributed by atoms with E-state index in [0.29, 0.717) is 6.42 Å². The molecule has 0 bridgehead atoms. The van der Waals surface area contributed by atoms with Crippen LogP contribution in [0, 0.1) is 5.82 Å². The number of halogens is 1. The first-order valence-electron chi connectivity index (χ1n) is 7.37. The van der Waals surface area contributed by atoms with Gasteiger partial charge >= 0.3 is 5.69 Å². The van der Waals surface area contributed by atoms with Crippen molar-refractivity contribution < 1.29 is 9.18 Å². The Morgan fingerprint density at radius 2 is 1.83 bits per heavy atom. The Morgan fingerprint density at radius 3 is 2.46 bits per heavy atom. The molecule has 3 aromatic rings. The van der Waals surface area contributed by atoms with E-state index in [-0.39, 0.29) is 17.7 Å². The van der Waals surface area contributed by atoms with Crippen molar-refractivity contribution in [2.75, 3.05) is 0 Å². The second kappa shape index (κ2) is 6.91. The summed E-state index contributed by atoms with van der Waals surface area (Å²) in [6.45, 7) is 0. The predicted octanol–water partition coefficient (Wildman–Crippen LogP) is 1.95. The molecule has 0 fully saturated rings. The van der Waals surface area contributed by atoms with Gasteiger partial charge in [0.25, 0.3) is 5.91 Å². The van der Waals surface area contributed by atoms with E-state index in [9.17, 15) is 14.0 Å². The molecule has 0 saturated heterocycles. The summed E-state index contributed by atoms with van der Waals surface area (Å²) < 4.78 is 13.1. The number of nitrogens with zero attached hydrogens (tertiary/aromatic N) is 1. The number of hydrogen-bond donors (Lipinski definition) is 3. The average molecular weight is 326 g/mol. The van der Waals surface area contributed by atoms with Crippen molar-refractivity contribution in [1.29, 1.82) is 0 Å². The minimum atomic E-state index is -0.546. The number of nitrogens with one attached hydrogen (secondary N) is 3. The highest BCUT2D eigenvalue weighted by molar-refractivity contribution is 5.90. The van der Waals surface area contributed by atoms with Gasteiger partial charge in [-0.05, 0) is 29.7 Å². The normalized spacial score (nSPS) is 11.9. The van der Waals surface area contributed by atoms with E-state index in [2.05, 4.69) is 20.5 Å². The van der Waals surface area contributed by atoms with Crippen LogP contribution < -0.4 is 11.0 Å². The zero-order chi connectivity index (χ0) is 16.9. The van der Waals surface area contributed by atoms with Gasteiger partial charge in [-0.1, -0.05) is 42.5 Å². The van der Waals surface area contributed by atoms with Crippen molar-refractivity contribution in [3.8, 4) is 0 Å².